The maximum Gasteiger partial charge on any atom is 0.387 e. The van der Waals surface area contributed by atoms with E-state index in [2.05, 4.69) is 20.0 Å². The van der Waals surface area contributed by atoms with Crippen LogP contribution in [-0.4, -0.2) is 33.3 Å². The van der Waals surface area contributed by atoms with Crippen molar-refractivity contribution in [1.82, 2.24) is 0 Å². The predicted octanol–water partition coefficient (Wildman–Crippen LogP) is 4.45. The van der Waals surface area contributed by atoms with Gasteiger partial charge in [0.25, 0.3) is 15.7 Å². The Bertz CT molecular complexity index is 1320. The number of hydrogen-bond donors (Lipinski definition) is 2. The van der Waals surface area contributed by atoms with Crippen molar-refractivity contribution in [3.63, 3.8) is 0 Å². The molecule has 0 saturated heterocycles. The number of nitro groups is 1. The third kappa shape index (κ3) is 5.95. The van der Waals surface area contributed by atoms with Crippen molar-refractivity contribution in [3.8, 4) is 11.5 Å². The average molecular weight is 492 g/mol. The number of anilines is 2. The summed E-state index contributed by atoms with van der Waals surface area (Å²) in [6, 6.07) is 15.2. The number of para-hydroxylation sites is 3. The number of benzene rings is 3. The van der Waals surface area contributed by atoms with Gasteiger partial charge in [-0.1, -0.05) is 24.3 Å². The molecule has 2 N–H and O–H groups in total. The van der Waals surface area contributed by atoms with Crippen molar-refractivity contribution in [2.75, 3.05) is 17.3 Å². The first-order chi connectivity index (χ1) is 16.2. The van der Waals surface area contributed by atoms with Crippen LogP contribution in [0.15, 0.2) is 76.7 Å². The van der Waals surface area contributed by atoms with Crippen LogP contribution >= 0.6 is 0 Å². The largest absolute Gasteiger partial charge is 0.495 e. The molecule has 0 saturated carbocycles. The number of halogens is 2. The van der Waals surface area contributed by atoms with Crippen LogP contribution < -0.4 is 19.6 Å². The smallest absolute Gasteiger partial charge is 0.387 e. The number of nitro benzene ring substituents is 1. The summed E-state index contributed by atoms with van der Waals surface area (Å²) in [5.41, 5.74) is 2.22. The van der Waals surface area contributed by atoms with Gasteiger partial charge >= 0.3 is 6.61 Å². The molecular weight excluding hydrogens is 474 g/mol. The van der Waals surface area contributed by atoms with Gasteiger partial charge in [-0.25, -0.2) is 8.42 Å². The summed E-state index contributed by atoms with van der Waals surface area (Å²) in [5, 5.41) is 15.1. The lowest BCUT2D eigenvalue weighted by Crippen LogP contribution is -2.15. The van der Waals surface area contributed by atoms with Crippen molar-refractivity contribution >= 4 is 33.3 Å². The Hall–Kier alpha value is -4.26. The van der Waals surface area contributed by atoms with E-state index in [-0.39, 0.29) is 28.4 Å². The van der Waals surface area contributed by atoms with E-state index in [1.807, 2.05) is 0 Å². The monoisotopic (exact) mass is 492 g/mol. The zero-order chi connectivity index (χ0) is 24.7. The normalized spacial score (nSPS) is 11.4. The number of rotatable bonds is 10. The maximum absolute atomic E-state index is 13.1. The molecule has 178 valence electrons. The third-order valence-corrected chi connectivity index (χ3v) is 5.75. The molecule has 34 heavy (non-hydrogen) atoms. The highest BCUT2D eigenvalue weighted by molar-refractivity contribution is 7.93. The van der Waals surface area contributed by atoms with E-state index in [9.17, 15) is 27.3 Å². The Morgan fingerprint density at radius 3 is 2.38 bits per heavy atom. The van der Waals surface area contributed by atoms with Gasteiger partial charge in [0.15, 0.2) is 0 Å². The predicted molar refractivity (Wildman–Crippen MR) is 121 cm³/mol. The first-order valence-electron chi connectivity index (χ1n) is 9.48. The van der Waals surface area contributed by atoms with E-state index in [4.69, 9.17) is 4.74 Å². The molecule has 3 aromatic carbocycles. The number of ether oxygens (including phenoxy) is 2. The number of hydrogen-bond acceptors (Lipinski definition) is 8. The Labute approximate surface area is 193 Å². The van der Waals surface area contributed by atoms with Gasteiger partial charge in [-0.2, -0.15) is 13.9 Å². The number of hydrazone groups is 1. The van der Waals surface area contributed by atoms with Crippen LogP contribution in [0.4, 0.5) is 25.8 Å². The SMILES string of the molecule is COc1ccccc1NS(=O)(=O)c1cc([N+](=O)[O-])ccc1N/N=C/c1ccccc1OC(F)F. The lowest BCUT2D eigenvalue weighted by atomic mass is 10.2. The topological polar surface area (TPSA) is 132 Å². The number of nitrogens with zero attached hydrogens (tertiary/aromatic N) is 2. The molecule has 10 nitrogen and oxygen atoms in total. The molecule has 0 unspecified atom stereocenters. The number of non-ortho nitro benzene ring substituents is 1. The Kier molecular flexibility index (Phi) is 7.58. The van der Waals surface area contributed by atoms with Crippen molar-refractivity contribution in [3.05, 3.63) is 82.4 Å². The quantitative estimate of drug-likeness (QED) is 0.243. The van der Waals surface area contributed by atoms with Crippen LogP contribution in [0.5, 0.6) is 11.5 Å². The van der Waals surface area contributed by atoms with Gasteiger partial charge in [0, 0.05) is 17.7 Å². The Morgan fingerprint density at radius 1 is 1.03 bits per heavy atom. The van der Waals surface area contributed by atoms with E-state index in [1.165, 1.54) is 37.4 Å². The van der Waals surface area contributed by atoms with E-state index in [0.29, 0.717) is 0 Å². The van der Waals surface area contributed by atoms with Crippen molar-refractivity contribution in [2.24, 2.45) is 5.10 Å². The average Bonchev–Trinajstić information content (AvgIpc) is 2.80. The molecule has 0 amide bonds. The zero-order valence-electron chi connectivity index (χ0n) is 17.5. The molecule has 0 aliphatic carbocycles. The molecule has 3 aromatic rings. The minimum absolute atomic E-state index is 0.100. The van der Waals surface area contributed by atoms with Crippen LogP contribution in [0.25, 0.3) is 0 Å². The summed E-state index contributed by atoms with van der Waals surface area (Å²) in [4.78, 5) is 10.0. The lowest BCUT2D eigenvalue weighted by Gasteiger charge is -2.14. The maximum atomic E-state index is 13.1. The van der Waals surface area contributed by atoms with Crippen molar-refractivity contribution in [2.45, 2.75) is 11.5 Å². The summed E-state index contributed by atoms with van der Waals surface area (Å²) in [7, 11) is -2.99. The molecule has 0 aromatic heterocycles. The van der Waals surface area contributed by atoms with Crippen LogP contribution in [0.1, 0.15) is 5.56 Å². The molecule has 0 aliphatic heterocycles. The zero-order valence-corrected chi connectivity index (χ0v) is 18.3. The molecule has 0 spiro atoms. The Balaban J connectivity index is 1.95. The van der Waals surface area contributed by atoms with Crippen molar-refractivity contribution < 1.29 is 31.6 Å². The highest BCUT2D eigenvalue weighted by Crippen LogP contribution is 2.31. The fourth-order valence-corrected chi connectivity index (χ4v) is 4.08. The highest BCUT2D eigenvalue weighted by Gasteiger charge is 2.23. The third-order valence-electron chi connectivity index (χ3n) is 4.34. The first-order valence-corrected chi connectivity index (χ1v) is 11.0. The molecule has 0 bridgehead atoms. The minimum atomic E-state index is -4.35. The van der Waals surface area contributed by atoms with Gasteiger partial charge < -0.3 is 9.47 Å². The summed E-state index contributed by atoms with van der Waals surface area (Å²) >= 11 is 0. The molecule has 0 fully saturated rings. The van der Waals surface area contributed by atoms with Gasteiger partial charge in [-0.3, -0.25) is 20.3 Å². The fourth-order valence-electron chi connectivity index (χ4n) is 2.83. The summed E-state index contributed by atoms with van der Waals surface area (Å²) < 4.78 is 63.2. The van der Waals surface area contributed by atoms with Crippen LogP contribution in [0.2, 0.25) is 0 Å². The molecule has 0 radical (unpaired) electrons. The van der Waals surface area contributed by atoms with Gasteiger partial charge in [0.2, 0.25) is 0 Å². The van der Waals surface area contributed by atoms with E-state index < -0.39 is 32.1 Å². The van der Waals surface area contributed by atoms with Crippen LogP contribution in [0.3, 0.4) is 0 Å². The second-order valence-corrected chi connectivity index (χ2v) is 8.18. The van der Waals surface area contributed by atoms with E-state index in [0.717, 1.165) is 24.4 Å². The second-order valence-electron chi connectivity index (χ2n) is 6.53. The summed E-state index contributed by atoms with van der Waals surface area (Å²) in [6.45, 7) is -3.05. The number of methoxy groups -OCH3 is 1. The minimum Gasteiger partial charge on any atom is -0.495 e. The molecule has 13 heteroatoms. The molecule has 0 aliphatic rings. The standard InChI is InChI=1S/C21H18F2N4O6S/c1-32-19-9-5-3-7-16(19)26-34(30,31)20-12-15(27(28)29)10-11-17(20)25-24-13-14-6-2-4-8-18(14)33-21(22)23/h2-13,21,25-26H,1H3/b24-13+. The molecular formula is C21H18F2N4O6S. The Morgan fingerprint density at radius 2 is 1.71 bits per heavy atom. The molecule has 0 heterocycles. The number of nitrogens with one attached hydrogen (secondary N) is 2. The van der Waals surface area contributed by atoms with Gasteiger partial charge in [0.1, 0.15) is 16.4 Å². The second kappa shape index (κ2) is 10.6. The van der Waals surface area contributed by atoms with Gasteiger partial charge in [-0.05, 0) is 30.3 Å². The van der Waals surface area contributed by atoms with E-state index >= 15 is 0 Å². The summed E-state index contributed by atoms with van der Waals surface area (Å²) in [6.07, 6.45) is 1.14. The van der Waals surface area contributed by atoms with Gasteiger partial charge in [-0.15, -0.1) is 0 Å². The van der Waals surface area contributed by atoms with Crippen LogP contribution in [-0.2, 0) is 10.0 Å². The lowest BCUT2D eigenvalue weighted by molar-refractivity contribution is -0.385. The van der Waals surface area contributed by atoms with Crippen LogP contribution in [0, 0.1) is 10.1 Å². The molecule has 3 rings (SSSR count). The van der Waals surface area contributed by atoms with Gasteiger partial charge in [0.05, 0.1) is 29.6 Å². The number of sulfonamides is 1. The van der Waals surface area contributed by atoms with E-state index in [1.54, 1.807) is 18.2 Å². The molecule has 0 atom stereocenters. The highest BCUT2D eigenvalue weighted by atomic mass is 32.2. The number of alkyl halides is 2. The summed E-state index contributed by atoms with van der Waals surface area (Å²) in [5.74, 6) is 0.0945. The fraction of sp³-hybridized carbons (Fsp3) is 0.0952. The first kappa shape index (κ1) is 24.4. The van der Waals surface area contributed by atoms with Crippen molar-refractivity contribution in [1.29, 1.82) is 0 Å².